The van der Waals surface area contributed by atoms with E-state index in [4.69, 9.17) is 11.6 Å². The quantitative estimate of drug-likeness (QED) is 0.888. The Labute approximate surface area is 136 Å². The van der Waals surface area contributed by atoms with Crippen molar-refractivity contribution < 1.29 is 14.7 Å². The van der Waals surface area contributed by atoms with Crippen LogP contribution in [0.2, 0.25) is 0 Å². The lowest BCUT2D eigenvalue weighted by atomic mass is 9.82. The van der Waals surface area contributed by atoms with Crippen LogP contribution in [-0.4, -0.2) is 11.9 Å². The number of allylic oxidation sites excluding steroid dienone is 2. The first-order valence-electron chi connectivity index (χ1n) is 6.51. The summed E-state index contributed by atoms with van der Waals surface area (Å²) in [6, 6.07) is 5.51. The Bertz CT molecular complexity index is 615. The summed E-state index contributed by atoms with van der Waals surface area (Å²) in [7, 11) is 0. The smallest absolute Gasteiger partial charge is 0.228 e. The molecule has 2 atom stereocenters. The number of halogens is 2. The highest BCUT2D eigenvalue weighted by atomic mass is 79.9. The van der Waals surface area contributed by atoms with Gasteiger partial charge in [0, 0.05) is 21.4 Å². The normalized spacial score (nSPS) is 21.6. The van der Waals surface area contributed by atoms with Crippen molar-refractivity contribution >= 4 is 45.1 Å². The number of aryl methyl sites for hydroxylation is 1. The third-order valence-corrected chi connectivity index (χ3v) is 4.48. The van der Waals surface area contributed by atoms with E-state index in [-0.39, 0.29) is 18.7 Å². The molecule has 1 N–H and O–H groups in total. The van der Waals surface area contributed by atoms with Crippen molar-refractivity contribution in [3.63, 3.8) is 0 Å². The van der Waals surface area contributed by atoms with E-state index in [1.165, 1.54) is 0 Å². The number of rotatable bonds is 3. The lowest BCUT2D eigenvalue weighted by Gasteiger charge is -2.29. The number of benzene rings is 1. The van der Waals surface area contributed by atoms with Crippen molar-refractivity contribution in [2.75, 3.05) is 5.32 Å². The second-order valence-electron chi connectivity index (χ2n) is 5.10. The van der Waals surface area contributed by atoms with Gasteiger partial charge in [0.25, 0.3) is 0 Å². The highest BCUT2D eigenvalue weighted by Gasteiger charge is 2.32. The Morgan fingerprint density at radius 3 is 2.71 bits per heavy atom. The van der Waals surface area contributed by atoms with Gasteiger partial charge in [-0.3, -0.25) is 4.79 Å². The van der Waals surface area contributed by atoms with Crippen molar-refractivity contribution in [3.05, 3.63) is 39.3 Å². The highest BCUT2D eigenvalue weighted by molar-refractivity contribution is 9.10. The number of nitrogens with one attached hydrogen (secondary N) is 1. The van der Waals surface area contributed by atoms with Crippen molar-refractivity contribution in [2.24, 2.45) is 11.8 Å². The number of carboxylic acids is 1. The van der Waals surface area contributed by atoms with Gasteiger partial charge in [-0.05, 0) is 53.4 Å². The molecule has 1 aliphatic carbocycles. The van der Waals surface area contributed by atoms with Crippen LogP contribution in [0, 0.1) is 18.8 Å². The van der Waals surface area contributed by atoms with E-state index in [0.717, 1.165) is 10.0 Å². The standard InChI is InChI=1S/C15H15BrClNO3/c1-8-2-5-13(12(16)6-8)18-14(19)11-7-9(17)3-4-10(11)15(20)21/h2-3,5-6,10-11H,4,7H2,1H3,(H,18,19)(H,20,21)/p-1/t10-,11-/m0/s1. The van der Waals surface area contributed by atoms with E-state index in [9.17, 15) is 14.7 Å². The first-order valence-corrected chi connectivity index (χ1v) is 7.68. The molecule has 0 bridgehead atoms. The Kier molecular flexibility index (Phi) is 5.06. The Morgan fingerprint density at radius 1 is 1.38 bits per heavy atom. The molecule has 0 fully saturated rings. The predicted molar refractivity (Wildman–Crippen MR) is 82.7 cm³/mol. The fraction of sp³-hybridized carbons (Fsp3) is 0.333. The van der Waals surface area contributed by atoms with Crippen molar-refractivity contribution in [2.45, 2.75) is 19.8 Å². The number of hydrogen-bond acceptors (Lipinski definition) is 3. The molecule has 2 rings (SSSR count). The van der Waals surface area contributed by atoms with Crippen molar-refractivity contribution in [3.8, 4) is 0 Å². The predicted octanol–water partition coefficient (Wildman–Crippen LogP) is 2.59. The third kappa shape index (κ3) is 3.86. The summed E-state index contributed by atoms with van der Waals surface area (Å²) in [4.78, 5) is 23.5. The monoisotopic (exact) mass is 370 g/mol. The zero-order valence-corrected chi connectivity index (χ0v) is 13.7. The summed E-state index contributed by atoms with van der Waals surface area (Å²) < 4.78 is 0.748. The number of hydrogen-bond donors (Lipinski definition) is 1. The van der Waals surface area contributed by atoms with Crippen LogP contribution >= 0.6 is 27.5 Å². The molecule has 0 heterocycles. The molecule has 1 aromatic carbocycles. The van der Waals surface area contributed by atoms with Crippen LogP contribution in [0.25, 0.3) is 0 Å². The number of carboxylic acid groups (broad SMARTS) is 1. The van der Waals surface area contributed by atoms with E-state index < -0.39 is 17.8 Å². The van der Waals surface area contributed by atoms with Gasteiger partial charge in [0.1, 0.15) is 0 Å². The molecule has 0 unspecified atom stereocenters. The number of carbonyl (C=O) groups is 2. The maximum atomic E-state index is 12.4. The summed E-state index contributed by atoms with van der Waals surface area (Å²) in [6.07, 6.45) is 2.07. The largest absolute Gasteiger partial charge is 0.550 e. The van der Waals surface area contributed by atoms with Crippen LogP contribution in [-0.2, 0) is 9.59 Å². The molecule has 0 spiro atoms. The van der Waals surface area contributed by atoms with Gasteiger partial charge in [-0.2, -0.15) is 0 Å². The molecule has 0 saturated carbocycles. The summed E-state index contributed by atoms with van der Waals surface area (Å²) in [5.74, 6) is -3.16. The molecular weight excluding hydrogens is 358 g/mol. The molecule has 21 heavy (non-hydrogen) atoms. The van der Waals surface area contributed by atoms with Crippen LogP contribution in [0.5, 0.6) is 0 Å². The van der Waals surface area contributed by atoms with E-state index >= 15 is 0 Å². The molecule has 0 aromatic heterocycles. The van der Waals surface area contributed by atoms with Gasteiger partial charge in [0.2, 0.25) is 5.91 Å². The summed E-state index contributed by atoms with van der Waals surface area (Å²) in [6.45, 7) is 1.94. The lowest BCUT2D eigenvalue weighted by molar-refractivity contribution is -0.313. The SMILES string of the molecule is Cc1ccc(NC(=O)[C@H]2CC(Cl)=CC[C@@H]2C(=O)[O-])c(Br)c1. The highest BCUT2D eigenvalue weighted by Crippen LogP contribution is 2.33. The maximum absolute atomic E-state index is 12.4. The zero-order chi connectivity index (χ0) is 15.6. The average molecular weight is 372 g/mol. The minimum Gasteiger partial charge on any atom is -0.550 e. The van der Waals surface area contributed by atoms with Gasteiger partial charge < -0.3 is 15.2 Å². The van der Waals surface area contributed by atoms with Gasteiger partial charge in [0.05, 0.1) is 11.6 Å². The van der Waals surface area contributed by atoms with Crippen LogP contribution in [0.15, 0.2) is 33.8 Å². The zero-order valence-electron chi connectivity index (χ0n) is 11.4. The van der Waals surface area contributed by atoms with E-state index in [1.807, 2.05) is 19.1 Å². The molecule has 0 radical (unpaired) electrons. The summed E-state index contributed by atoms with van der Waals surface area (Å²) in [5.41, 5.74) is 1.66. The van der Waals surface area contributed by atoms with Gasteiger partial charge >= 0.3 is 0 Å². The lowest BCUT2D eigenvalue weighted by Crippen LogP contribution is -2.42. The fourth-order valence-electron chi connectivity index (χ4n) is 2.34. The fourth-order valence-corrected chi connectivity index (χ4v) is 3.19. The molecule has 1 aliphatic rings. The first-order chi connectivity index (χ1) is 9.88. The molecular formula is C15H14BrClNO3-. The molecule has 1 aromatic rings. The van der Waals surface area contributed by atoms with E-state index in [2.05, 4.69) is 21.2 Å². The number of amides is 1. The van der Waals surface area contributed by atoms with E-state index in [1.54, 1.807) is 12.1 Å². The number of anilines is 1. The first kappa shape index (κ1) is 16.0. The summed E-state index contributed by atoms with van der Waals surface area (Å²) >= 11 is 9.31. The van der Waals surface area contributed by atoms with Crippen LogP contribution in [0.4, 0.5) is 5.69 Å². The third-order valence-electron chi connectivity index (χ3n) is 3.52. The molecule has 6 heteroatoms. The molecule has 4 nitrogen and oxygen atoms in total. The minimum atomic E-state index is -1.22. The minimum absolute atomic E-state index is 0.217. The van der Waals surface area contributed by atoms with E-state index in [0.29, 0.717) is 10.7 Å². The van der Waals surface area contributed by atoms with Gasteiger partial charge in [-0.15, -0.1) is 0 Å². The Morgan fingerprint density at radius 2 is 2.10 bits per heavy atom. The number of carbonyl (C=O) groups excluding carboxylic acids is 2. The molecule has 1 amide bonds. The Balaban J connectivity index is 2.18. The average Bonchev–Trinajstić information content (AvgIpc) is 2.41. The van der Waals surface area contributed by atoms with Crippen LogP contribution in [0.3, 0.4) is 0 Å². The van der Waals surface area contributed by atoms with Crippen LogP contribution in [0.1, 0.15) is 18.4 Å². The number of aliphatic carboxylic acids is 1. The molecule has 0 aliphatic heterocycles. The van der Waals surface area contributed by atoms with Gasteiger partial charge in [-0.1, -0.05) is 23.7 Å². The van der Waals surface area contributed by atoms with Gasteiger partial charge in [-0.25, -0.2) is 0 Å². The maximum Gasteiger partial charge on any atom is 0.228 e. The van der Waals surface area contributed by atoms with Crippen molar-refractivity contribution in [1.29, 1.82) is 0 Å². The molecule has 112 valence electrons. The molecule has 0 saturated heterocycles. The van der Waals surface area contributed by atoms with Gasteiger partial charge in [0.15, 0.2) is 0 Å². The summed E-state index contributed by atoms with van der Waals surface area (Å²) in [5, 5.41) is 14.4. The Hall–Kier alpha value is -1.33. The van der Waals surface area contributed by atoms with Crippen LogP contribution < -0.4 is 10.4 Å². The van der Waals surface area contributed by atoms with Crippen molar-refractivity contribution in [1.82, 2.24) is 0 Å². The second-order valence-corrected chi connectivity index (χ2v) is 6.44. The topological polar surface area (TPSA) is 69.2 Å². The second kappa shape index (κ2) is 6.62.